The Morgan fingerprint density at radius 3 is 2.44 bits per heavy atom. The van der Waals surface area contributed by atoms with Gasteiger partial charge in [0.2, 0.25) is 10.0 Å². The van der Waals surface area contributed by atoms with Gasteiger partial charge < -0.3 is 0 Å². The van der Waals surface area contributed by atoms with E-state index in [1.54, 1.807) is 17.6 Å². The van der Waals surface area contributed by atoms with Crippen LogP contribution < -0.4 is 5.48 Å². The van der Waals surface area contributed by atoms with Gasteiger partial charge in [0.25, 0.3) is 5.91 Å². The molecular weight excluding hydrogens is 470 g/mol. The minimum atomic E-state index is -3.92. The fourth-order valence-electron chi connectivity index (χ4n) is 4.90. The summed E-state index contributed by atoms with van der Waals surface area (Å²) < 4.78 is 27.5. The SMILES string of the molecule is CC1(C)SCCN(S(=O)(=O)c2ccc(-c3cccc(CN4CCCCC4)c3)cc2)[C@H]1C(=O)NO. The number of carbonyl (C=O) groups excluding carboxylic acids is 1. The molecule has 1 atom stereocenters. The molecule has 2 saturated heterocycles. The highest BCUT2D eigenvalue weighted by Gasteiger charge is 2.48. The Morgan fingerprint density at radius 1 is 1.06 bits per heavy atom. The third-order valence-corrected chi connectivity index (χ3v) is 9.90. The van der Waals surface area contributed by atoms with E-state index in [1.807, 2.05) is 38.1 Å². The van der Waals surface area contributed by atoms with E-state index in [0.717, 1.165) is 30.8 Å². The number of hydrogen-bond acceptors (Lipinski definition) is 6. The lowest BCUT2D eigenvalue weighted by Crippen LogP contribution is -2.61. The first kappa shape index (κ1) is 25.2. The van der Waals surface area contributed by atoms with Gasteiger partial charge in [0, 0.05) is 23.6 Å². The van der Waals surface area contributed by atoms with Crippen molar-refractivity contribution in [2.45, 2.75) is 55.3 Å². The van der Waals surface area contributed by atoms with Crippen molar-refractivity contribution in [2.24, 2.45) is 0 Å². The molecule has 2 aromatic rings. The average Bonchev–Trinajstić information content (AvgIpc) is 2.84. The van der Waals surface area contributed by atoms with E-state index in [2.05, 4.69) is 17.0 Å². The maximum atomic E-state index is 13.5. The van der Waals surface area contributed by atoms with Crippen LogP contribution in [0, 0.1) is 0 Å². The van der Waals surface area contributed by atoms with Crippen LogP contribution in [-0.4, -0.2) is 64.9 Å². The van der Waals surface area contributed by atoms with Gasteiger partial charge in [-0.2, -0.15) is 16.1 Å². The number of piperidine rings is 1. The lowest BCUT2D eigenvalue weighted by Gasteiger charge is -2.43. The van der Waals surface area contributed by atoms with Gasteiger partial charge in [-0.3, -0.25) is 14.9 Å². The molecule has 2 aliphatic heterocycles. The summed E-state index contributed by atoms with van der Waals surface area (Å²) in [6.07, 6.45) is 3.82. The summed E-state index contributed by atoms with van der Waals surface area (Å²) in [5, 5.41) is 9.23. The Bertz CT molecular complexity index is 1110. The lowest BCUT2D eigenvalue weighted by atomic mass is 10.0. The van der Waals surface area contributed by atoms with Gasteiger partial charge in [-0.15, -0.1) is 0 Å². The fraction of sp³-hybridized carbons (Fsp3) is 0.480. The van der Waals surface area contributed by atoms with Gasteiger partial charge >= 0.3 is 0 Å². The van der Waals surface area contributed by atoms with Gasteiger partial charge in [0.1, 0.15) is 6.04 Å². The minimum absolute atomic E-state index is 0.138. The van der Waals surface area contributed by atoms with Gasteiger partial charge in [-0.25, -0.2) is 13.9 Å². The number of likely N-dealkylation sites (tertiary alicyclic amines) is 1. The molecule has 0 aliphatic carbocycles. The molecule has 184 valence electrons. The van der Waals surface area contributed by atoms with Crippen LogP contribution in [0.25, 0.3) is 11.1 Å². The highest BCUT2D eigenvalue weighted by atomic mass is 32.2. The Labute approximate surface area is 206 Å². The Kier molecular flexibility index (Phi) is 7.69. The van der Waals surface area contributed by atoms with E-state index in [4.69, 9.17) is 0 Å². The summed E-state index contributed by atoms with van der Waals surface area (Å²) in [6.45, 7) is 7.04. The molecule has 2 heterocycles. The van der Waals surface area contributed by atoms with Crippen molar-refractivity contribution in [1.29, 1.82) is 0 Å². The zero-order valence-electron chi connectivity index (χ0n) is 19.7. The van der Waals surface area contributed by atoms with E-state index < -0.39 is 26.7 Å². The summed E-state index contributed by atoms with van der Waals surface area (Å²) in [4.78, 5) is 15.0. The summed E-state index contributed by atoms with van der Waals surface area (Å²) >= 11 is 1.52. The second kappa shape index (κ2) is 10.4. The second-order valence-electron chi connectivity index (χ2n) is 9.51. The van der Waals surface area contributed by atoms with Gasteiger partial charge in [0.05, 0.1) is 4.90 Å². The number of thioether (sulfide) groups is 1. The topological polar surface area (TPSA) is 90.0 Å². The summed E-state index contributed by atoms with van der Waals surface area (Å²) in [5.41, 5.74) is 4.89. The molecule has 0 aromatic heterocycles. The third-order valence-electron chi connectivity index (χ3n) is 6.67. The monoisotopic (exact) mass is 503 g/mol. The van der Waals surface area contributed by atoms with E-state index in [1.165, 1.54) is 40.9 Å². The number of hydrogen-bond donors (Lipinski definition) is 2. The van der Waals surface area contributed by atoms with E-state index in [0.29, 0.717) is 5.75 Å². The van der Waals surface area contributed by atoms with Crippen LogP contribution in [0.2, 0.25) is 0 Å². The first-order valence-electron chi connectivity index (χ1n) is 11.7. The van der Waals surface area contributed by atoms with Crippen LogP contribution in [0.15, 0.2) is 53.4 Å². The van der Waals surface area contributed by atoms with Crippen LogP contribution in [0.5, 0.6) is 0 Å². The molecule has 2 N–H and O–H groups in total. The molecule has 34 heavy (non-hydrogen) atoms. The van der Waals surface area contributed by atoms with Crippen molar-refractivity contribution in [1.82, 2.24) is 14.7 Å². The molecular formula is C25H33N3O4S2. The standard InChI is InChI=1S/C25H33N3O4S2/c1-25(2)23(24(29)26-30)28(15-16-33-25)34(31,32)22-11-9-20(10-12-22)21-8-6-7-19(17-21)18-27-13-4-3-5-14-27/h6-12,17,23,30H,3-5,13-16,18H2,1-2H3,(H,26,29)/t23-/m0/s1. The van der Waals surface area contributed by atoms with Crippen molar-refractivity contribution in [2.75, 3.05) is 25.4 Å². The molecule has 2 aromatic carbocycles. The van der Waals surface area contributed by atoms with Gasteiger partial charge in [-0.05, 0) is 74.7 Å². The summed E-state index contributed by atoms with van der Waals surface area (Å²) in [7, 11) is -3.92. The molecule has 0 bridgehead atoms. The molecule has 4 rings (SSSR count). The van der Waals surface area contributed by atoms with Crippen LogP contribution in [-0.2, 0) is 21.4 Å². The molecule has 0 spiro atoms. The van der Waals surface area contributed by atoms with Gasteiger partial charge in [0.15, 0.2) is 0 Å². The zero-order chi connectivity index (χ0) is 24.3. The highest BCUT2D eigenvalue weighted by molar-refractivity contribution is 8.00. The molecule has 2 fully saturated rings. The molecule has 2 aliphatic rings. The van der Waals surface area contributed by atoms with Crippen LogP contribution >= 0.6 is 11.8 Å². The molecule has 1 amide bonds. The Hall–Kier alpha value is -1.91. The van der Waals surface area contributed by atoms with E-state index in [9.17, 15) is 18.4 Å². The summed E-state index contributed by atoms with van der Waals surface area (Å²) in [6, 6.07) is 14.2. The maximum absolute atomic E-state index is 13.5. The Balaban J connectivity index is 1.56. The van der Waals surface area contributed by atoms with Crippen LogP contribution in [0.4, 0.5) is 0 Å². The first-order chi connectivity index (χ1) is 16.2. The van der Waals surface area contributed by atoms with E-state index in [-0.39, 0.29) is 11.4 Å². The number of nitrogens with one attached hydrogen (secondary N) is 1. The minimum Gasteiger partial charge on any atom is -0.299 e. The predicted molar refractivity (Wildman–Crippen MR) is 135 cm³/mol. The van der Waals surface area contributed by atoms with Crippen molar-refractivity contribution < 1.29 is 18.4 Å². The fourth-order valence-corrected chi connectivity index (χ4v) is 8.01. The number of rotatable bonds is 6. The normalized spacial score (nSPS) is 21.8. The molecule has 9 heteroatoms. The van der Waals surface area contributed by atoms with Crippen molar-refractivity contribution in [3.63, 3.8) is 0 Å². The quantitative estimate of drug-likeness (QED) is 0.461. The number of carbonyl (C=O) groups is 1. The number of benzene rings is 2. The first-order valence-corrected chi connectivity index (χ1v) is 14.2. The number of nitrogens with zero attached hydrogens (tertiary/aromatic N) is 2. The zero-order valence-corrected chi connectivity index (χ0v) is 21.4. The largest absolute Gasteiger partial charge is 0.299 e. The lowest BCUT2D eigenvalue weighted by molar-refractivity contribution is -0.134. The van der Waals surface area contributed by atoms with Crippen molar-refractivity contribution >= 4 is 27.7 Å². The predicted octanol–water partition coefficient (Wildman–Crippen LogP) is 3.73. The number of amides is 1. The maximum Gasteiger partial charge on any atom is 0.263 e. The summed E-state index contributed by atoms with van der Waals surface area (Å²) in [5.74, 6) is -0.147. The number of sulfonamides is 1. The van der Waals surface area contributed by atoms with E-state index >= 15 is 0 Å². The average molecular weight is 504 g/mol. The smallest absolute Gasteiger partial charge is 0.263 e. The molecule has 0 saturated carbocycles. The van der Waals surface area contributed by atoms with Crippen molar-refractivity contribution in [3.8, 4) is 11.1 Å². The highest BCUT2D eigenvalue weighted by Crippen LogP contribution is 2.38. The molecule has 0 radical (unpaired) electrons. The van der Waals surface area contributed by atoms with Crippen LogP contribution in [0.3, 0.4) is 0 Å². The molecule has 7 nitrogen and oxygen atoms in total. The third kappa shape index (κ3) is 5.33. The van der Waals surface area contributed by atoms with Gasteiger partial charge in [-0.1, -0.05) is 36.8 Å². The second-order valence-corrected chi connectivity index (χ2v) is 13.1. The number of hydroxylamine groups is 1. The Morgan fingerprint density at radius 2 is 1.76 bits per heavy atom. The molecule has 0 unspecified atom stereocenters. The van der Waals surface area contributed by atoms with Crippen LogP contribution in [0.1, 0.15) is 38.7 Å². The van der Waals surface area contributed by atoms with Crippen molar-refractivity contribution in [3.05, 3.63) is 54.1 Å².